The van der Waals surface area contributed by atoms with E-state index in [1.807, 2.05) is 12.1 Å². The molecule has 0 amide bonds. The fraction of sp³-hybridized carbons (Fsp3) is 0.333. The third-order valence-corrected chi connectivity index (χ3v) is 6.45. The highest BCUT2D eigenvalue weighted by molar-refractivity contribution is 7.87. The van der Waals surface area contributed by atoms with Crippen molar-refractivity contribution in [3.63, 3.8) is 0 Å². The molecule has 0 saturated carbocycles. The summed E-state index contributed by atoms with van der Waals surface area (Å²) < 4.78 is 31.3. The summed E-state index contributed by atoms with van der Waals surface area (Å²) in [4.78, 5) is 15.2. The molecule has 0 heterocycles. The standard InChI is InChI=1S/C24H26N2O4S/c1-23(2,3)15-24(4,5)16-9-11-17(12-10-16)30-31(28,29)21-8-6-7-19-18(21)13-14-20(26-25)22(19)27/h6-14H,15H2,1-5H3. The van der Waals surface area contributed by atoms with Gasteiger partial charge in [-0.2, -0.15) is 13.2 Å². The van der Waals surface area contributed by atoms with Crippen molar-refractivity contribution in [3.05, 3.63) is 70.8 Å². The molecule has 0 radical (unpaired) electrons. The van der Waals surface area contributed by atoms with Crippen LogP contribution in [0.25, 0.3) is 11.6 Å². The molecule has 0 saturated heterocycles. The van der Waals surface area contributed by atoms with Gasteiger partial charge in [0.1, 0.15) is 10.6 Å². The van der Waals surface area contributed by atoms with Gasteiger partial charge in [-0.05, 0) is 47.1 Å². The first-order valence-electron chi connectivity index (χ1n) is 9.97. The van der Waals surface area contributed by atoms with E-state index in [-0.39, 0.29) is 38.3 Å². The zero-order valence-electron chi connectivity index (χ0n) is 18.3. The van der Waals surface area contributed by atoms with Crippen molar-refractivity contribution in [2.45, 2.75) is 51.3 Å². The quantitative estimate of drug-likeness (QED) is 0.371. The predicted molar refractivity (Wildman–Crippen MR) is 120 cm³/mol. The summed E-state index contributed by atoms with van der Waals surface area (Å²) >= 11 is 0. The first-order valence-corrected chi connectivity index (χ1v) is 11.4. The Morgan fingerprint density at radius 2 is 1.61 bits per heavy atom. The first-order chi connectivity index (χ1) is 14.3. The molecule has 0 bridgehead atoms. The minimum atomic E-state index is -4.19. The summed E-state index contributed by atoms with van der Waals surface area (Å²) in [6.45, 7) is 10.9. The second-order valence-electron chi connectivity index (χ2n) is 9.55. The van der Waals surface area contributed by atoms with Gasteiger partial charge in [0, 0.05) is 17.2 Å². The third-order valence-electron chi connectivity index (χ3n) is 5.14. The molecule has 7 heteroatoms. The van der Waals surface area contributed by atoms with Crippen LogP contribution >= 0.6 is 0 Å². The van der Waals surface area contributed by atoms with Crippen LogP contribution in [0.4, 0.5) is 0 Å². The fourth-order valence-corrected chi connectivity index (χ4v) is 5.29. The number of hydrogen-bond donors (Lipinski definition) is 0. The van der Waals surface area contributed by atoms with Gasteiger partial charge in [0.2, 0.25) is 0 Å². The van der Waals surface area contributed by atoms with Gasteiger partial charge in [0.25, 0.3) is 5.78 Å². The van der Waals surface area contributed by atoms with E-state index in [1.165, 1.54) is 30.4 Å². The molecule has 0 aromatic heterocycles. The maximum atomic E-state index is 13.0. The van der Waals surface area contributed by atoms with Gasteiger partial charge in [-0.15, -0.1) is 0 Å². The van der Waals surface area contributed by atoms with Crippen molar-refractivity contribution in [2.24, 2.45) is 5.41 Å². The number of Topliss-reactive ketones (excluding diaryl/α,β-unsaturated/α-hetero) is 1. The SMILES string of the molecule is CC(C)(C)CC(C)(C)c1ccc(OS(=O)(=O)c2cccc3c2C=CC(=[N+]=[N-])C3=O)cc1. The molecule has 0 unspecified atom stereocenters. The number of carbonyl (C=O) groups excluding carboxylic acids is 1. The summed E-state index contributed by atoms with van der Waals surface area (Å²) in [5.41, 5.74) is 10.3. The Morgan fingerprint density at radius 3 is 2.19 bits per heavy atom. The van der Waals surface area contributed by atoms with Crippen molar-refractivity contribution < 1.29 is 22.2 Å². The Morgan fingerprint density at radius 1 is 0.968 bits per heavy atom. The number of carbonyl (C=O) groups is 1. The molecule has 0 fully saturated rings. The number of rotatable bonds is 5. The molecule has 3 rings (SSSR count). The maximum Gasteiger partial charge on any atom is 0.362 e. The highest BCUT2D eigenvalue weighted by Crippen LogP contribution is 2.37. The van der Waals surface area contributed by atoms with E-state index in [9.17, 15) is 13.2 Å². The monoisotopic (exact) mass is 438 g/mol. The number of ketones is 1. The van der Waals surface area contributed by atoms with Gasteiger partial charge in [-0.3, -0.25) is 4.79 Å². The average Bonchev–Trinajstić information content (AvgIpc) is 2.66. The topological polar surface area (TPSA) is 96.8 Å². The van der Waals surface area contributed by atoms with Gasteiger partial charge < -0.3 is 9.71 Å². The van der Waals surface area contributed by atoms with Gasteiger partial charge >= 0.3 is 15.8 Å². The molecule has 2 aromatic rings. The summed E-state index contributed by atoms with van der Waals surface area (Å²) in [6.07, 6.45) is 3.67. The van der Waals surface area contributed by atoms with E-state index in [4.69, 9.17) is 9.71 Å². The Labute approximate surface area is 183 Å². The molecule has 2 aromatic carbocycles. The number of fused-ring (bicyclic) bond motifs is 1. The molecule has 0 N–H and O–H groups in total. The smallest absolute Gasteiger partial charge is 0.362 e. The average molecular weight is 439 g/mol. The van der Waals surface area contributed by atoms with E-state index in [1.54, 1.807) is 12.1 Å². The Balaban J connectivity index is 1.90. The number of allylic oxidation sites excluding steroid dienone is 1. The lowest BCUT2D eigenvalue weighted by molar-refractivity contribution is -0.00436. The van der Waals surface area contributed by atoms with Crippen molar-refractivity contribution in [2.75, 3.05) is 0 Å². The van der Waals surface area contributed by atoms with Crippen LogP contribution in [0.2, 0.25) is 0 Å². The minimum Gasteiger partial charge on any atom is -0.379 e. The Kier molecular flexibility index (Phi) is 5.78. The molecule has 6 nitrogen and oxygen atoms in total. The normalized spacial score (nSPS) is 14.2. The molecule has 1 aliphatic carbocycles. The molecular formula is C24H26N2O4S. The highest BCUT2D eigenvalue weighted by atomic mass is 32.2. The fourth-order valence-electron chi connectivity index (χ4n) is 4.15. The lowest BCUT2D eigenvalue weighted by Crippen LogP contribution is -2.24. The van der Waals surface area contributed by atoms with Crippen LogP contribution < -0.4 is 4.18 Å². The zero-order chi connectivity index (χ0) is 23.0. The highest BCUT2D eigenvalue weighted by Gasteiger charge is 2.31. The van der Waals surface area contributed by atoms with Crippen molar-refractivity contribution in [3.8, 4) is 5.75 Å². The van der Waals surface area contributed by atoms with Crippen LogP contribution in [0.1, 0.15) is 62.5 Å². The van der Waals surface area contributed by atoms with Crippen LogP contribution in [0.15, 0.2) is 53.4 Å². The molecular weight excluding hydrogens is 412 g/mol. The van der Waals surface area contributed by atoms with Crippen molar-refractivity contribution >= 4 is 27.7 Å². The first kappa shape index (κ1) is 22.7. The molecule has 0 aliphatic heterocycles. The Hall–Kier alpha value is -3.02. The largest absolute Gasteiger partial charge is 0.379 e. The van der Waals surface area contributed by atoms with E-state index in [2.05, 4.69) is 39.4 Å². The second-order valence-corrected chi connectivity index (χ2v) is 11.1. The molecule has 162 valence electrons. The molecule has 0 spiro atoms. The Bertz CT molecular complexity index is 1210. The van der Waals surface area contributed by atoms with Gasteiger partial charge in [0.05, 0.1) is 0 Å². The maximum absolute atomic E-state index is 13.0. The third kappa shape index (κ3) is 4.84. The van der Waals surface area contributed by atoms with Crippen LogP contribution in [-0.4, -0.2) is 24.7 Å². The van der Waals surface area contributed by atoms with E-state index in [0.29, 0.717) is 0 Å². The summed E-state index contributed by atoms with van der Waals surface area (Å²) in [6, 6.07) is 11.4. The summed E-state index contributed by atoms with van der Waals surface area (Å²) in [5, 5.41) is 0. The molecule has 31 heavy (non-hydrogen) atoms. The van der Waals surface area contributed by atoms with Crippen LogP contribution in [0.3, 0.4) is 0 Å². The van der Waals surface area contributed by atoms with Gasteiger partial charge in [0.15, 0.2) is 0 Å². The van der Waals surface area contributed by atoms with Crippen LogP contribution in [-0.2, 0) is 15.5 Å². The van der Waals surface area contributed by atoms with E-state index < -0.39 is 15.9 Å². The molecule has 0 atom stereocenters. The van der Waals surface area contributed by atoms with Gasteiger partial charge in [-0.25, -0.2) is 0 Å². The van der Waals surface area contributed by atoms with E-state index in [0.717, 1.165) is 12.0 Å². The summed E-state index contributed by atoms with van der Waals surface area (Å²) in [5.74, 6) is -0.362. The lowest BCUT2D eigenvalue weighted by Gasteiger charge is -2.33. The van der Waals surface area contributed by atoms with Crippen LogP contribution in [0.5, 0.6) is 5.75 Å². The second kappa shape index (κ2) is 7.91. The summed E-state index contributed by atoms with van der Waals surface area (Å²) in [7, 11) is -4.19. The lowest BCUT2D eigenvalue weighted by atomic mass is 9.72. The predicted octanol–water partition coefficient (Wildman–Crippen LogP) is 5.05. The number of nitrogens with zero attached hydrogens (tertiary/aromatic N) is 2. The van der Waals surface area contributed by atoms with Crippen molar-refractivity contribution in [1.82, 2.24) is 0 Å². The molecule has 1 aliphatic rings. The van der Waals surface area contributed by atoms with Crippen LogP contribution in [0, 0.1) is 5.41 Å². The number of hydrogen-bond acceptors (Lipinski definition) is 4. The minimum absolute atomic E-state index is 0.0781. The van der Waals surface area contributed by atoms with Crippen molar-refractivity contribution in [1.29, 1.82) is 0 Å². The van der Waals surface area contributed by atoms with E-state index >= 15 is 0 Å². The number of benzene rings is 2. The zero-order valence-corrected chi connectivity index (χ0v) is 19.2. The van der Waals surface area contributed by atoms with Gasteiger partial charge in [-0.1, -0.05) is 58.9 Å².